The lowest BCUT2D eigenvalue weighted by Crippen LogP contribution is -2.56. The van der Waals surface area contributed by atoms with E-state index in [9.17, 15) is 9.18 Å². The number of thiocarbonyl (C=S) groups is 1. The number of benzene rings is 2. The first kappa shape index (κ1) is 19.7. The van der Waals surface area contributed by atoms with E-state index in [-0.39, 0.29) is 5.11 Å². The summed E-state index contributed by atoms with van der Waals surface area (Å²) in [4.78, 5) is 12.2. The Kier molecular flexibility index (Phi) is 6.84. The van der Waals surface area contributed by atoms with Gasteiger partial charge in [-0.05, 0) is 42.5 Å². The topological polar surface area (TPSA) is 53.2 Å². The number of carbonyl (C=O) groups is 1. The Morgan fingerprint density at radius 2 is 1.72 bits per heavy atom. The predicted molar refractivity (Wildman–Crippen MR) is 104 cm³/mol. The molecule has 1 atom stereocenters. The number of hydrogen-bond acceptors (Lipinski definition) is 2. The molecule has 132 valence electrons. The maximum Gasteiger partial charge on any atom is 0.252 e. The van der Waals surface area contributed by atoms with Gasteiger partial charge in [-0.15, -0.1) is 0 Å². The van der Waals surface area contributed by atoms with Crippen LogP contribution in [0.1, 0.15) is 10.4 Å². The zero-order valence-electron chi connectivity index (χ0n) is 12.6. The normalized spacial score (nSPS) is 12.2. The third-order valence-electron chi connectivity index (χ3n) is 3.00. The summed E-state index contributed by atoms with van der Waals surface area (Å²) < 4.78 is 11.3. The van der Waals surface area contributed by atoms with Crippen LogP contribution in [-0.4, -0.2) is 21.0 Å². The number of rotatable bonds is 4. The lowest BCUT2D eigenvalue weighted by molar-refractivity contribution is 0.0934. The van der Waals surface area contributed by atoms with Gasteiger partial charge in [-0.25, -0.2) is 4.39 Å². The van der Waals surface area contributed by atoms with Crippen LogP contribution in [0.2, 0.25) is 0 Å². The van der Waals surface area contributed by atoms with Gasteiger partial charge in [0.25, 0.3) is 5.91 Å². The zero-order valence-corrected chi connectivity index (χ0v) is 15.7. The number of halogens is 4. The number of hydrogen-bond donors (Lipinski definition) is 3. The third kappa shape index (κ3) is 6.32. The van der Waals surface area contributed by atoms with Crippen LogP contribution in [0.25, 0.3) is 0 Å². The highest BCUT2D eigenvalue weighted by Crippen LogP contribution is 2.29. The van der Waals surface area contributed by atoms with E-state index in [0.29, 0.717) is 11.3 Å². The van der Waals surface area contributed by atoms with E-state index in [1.54, 1.807) is 36.4 Å². The van der Waals surface area contributed by atoms with E-state index < -0.39 is 21.7 Å². The minimum atomic E-state index is -1.88. The molecule has 4 nitrogen and oxygen atoms in total. The fraction of sp³-hybridized carbons (Fsp3) is 0.125. The Morgan fingerprint density at radius 3 is 2.32 bits per heavy atom. The Balaban J connectivity index is 2.05. The molecule has 9 heteroatoms. The molecule has 2 aromatic rings. The Hall–Kier alpha value is -1.60. The molecule has 0 aliphatic heterocycles. The summed E-state index contributed by atoms with van der Waals surface area (Å²) in [5.41, 5.74) is 0.808. The van der Waals surface area contributed by atoms with Crippen LogP contribution in [0.15, 0.2) is 54.6 Å². The fourth-order valence-corrected chi connectivity index (χ4v) is 2.43. The van der Waals surface area contributed by atoms with Crippen molar-refractivity contribution < 1.29 is 9.18 Å². The van der Waals surface area contributed by atoms with Crippen LogP contribution in [0, 0.1) is 5.82 Å². The van der Waals surface area contributed by atoms with Gasteiger partial charge in [0, 0.05) is 11.3 Å². The fourth-order valence-electron chi connectivity index (χ4n) is 1.87. The van der Waals surface area contributed by atoms with E-state index in [2.05, 4.69) is 16.0 Å². The first-order chi connectivity index (χ1) is 11.8. The molecule has 0 saturated heterocycles. The molecule has 0 bridgehead atoms. The quantitative estimate of drug-likeness (QED) is 0.393. The van der Waals surface area contributed by atoms with Gasteiger partial charge in [0.05, 0.1) is 0 Å². The summed E-state index contributed by atoms with van der Waals surface area (Å²) in [5.74, 6) is -0.874. The van der Waals surface area contributed by atoms with Gasteiger partial charge in [-0.2, -0.15) is 0 Å². The summed E-state index contributed by atoms with van der Waals surface area (Å²) in [6.07, 6.45) is -1.11. The van der Waals surface area contributed by atoms with E-state index in [4.69, 9.17) is 47.0 Å². The standard InChI is InChI=1S/C16H13Cl3FN3OS/c17-16(18,19)14(22-13(24)10-5-2-1-3-6-10)23-15(25)21-12-8-4-7-11(20)9-12/h1-9,14H,(H,22,24)(H2,21,23,25)/t14-/m1/s1. The molecule has 0 aliphatic carbocycles. The molecular weight excluding hydrogens is 408 g/mol. The number of carbonyl (C=O) groups excluding carboxylic acids is 1. The van der Waals surface area contributed by atoms with Gasteiger partial charge >= 0.3 is 0 Å². The average Bonchev–Trinajstić information content (AvgIpc) is 2.54. The highest BCUT2D eigenvalue weighted by atomic mass is 35.6. The molecule has 0 aromatic heterocycles. The monoisotopic (exact) mass is 419 g/mol. The maximum absolute atomic E-state index is 13.2. The number of alkyl halides is 3. The molecular formula is C16H13Cl3FN3OS. The van der Waals surface area contributed by atoms with Gasteiger partial charge in [0.1, 0.15) is 12.0 Å². The lowest BCUT2D eigenvalue weighted by atomic mass is 10.2. The molecule has 25 heavy (non-hydrogen) atoms. The number of anilines is 1. The second-order valence-corrected chi connectivity index (χ2v) is 7.70. The highest BCUT2D eigenvalue weighted by molar-refractivity contribution is 7.80. The van der Waals surface area contributed by atoms with Gasteiger partial charge in [-0.3, -0.25) is 4.79 Å². The highest BCUT2D eigenvalue weighted by Gasteiger charge is 2.34. The van der Waals surface area contributed by atoms with Crippen LogP contribution in [0.3, 0.4) is 0 Å². The van der Waals surface area contributed by atoms with Crippen LogP contribution in [0.5, 0.6) is 0 Å². The molecule has 0 fully saturated rings. The van der Waals surface area contributed by atoms with Crippen molar-refractivity contribution >= 4 is 63.7 Å². The first-order valence-corrected chi connectivity index (χ1v) is 8.55. The largest absolute Gasteiger partial charge is 0.339 e. The molecule has 2 rings (SSSR count). The Labute approximate surface area is 164 Å². The summed E-state index contributed by atoms with van der Waals surface area (Å²) in [6, 6.07) is 14.1. The molecule has 3 N–H and O–H groups in total. The molecule has 0 aliphatic rings. The van der Waals surface area contributed by atoms with Crippen molar-refractivity contribution in [2.75, 3.05) is 5.32 Å². The molecule has 0 spiro atoms. The van der Waals surface area contributed by atoms with Gasteiger partial charge < -0.3 is 16.0 Å². The van der Waals surface area contributed by atoms with Crippen molar-refractivity contribution in [3.05, 3.63) is 66.0 Å². The zero-order chi connectivity index (χ0) is 18.4. The molecule has 0 radical (unpaired) electrons. The van der Waals surface area contributed by atoms with E-state index >= 15 is 0 Å². The third-order valence-corrected chi connectivity index (χ3v) is 3.87. The summed E-state index contributed by atoms with van der Waals surface area (Å²) in [5, 5.41) is 8.05. The van der Waals surface area contributed by atoms with E-state index in [1.807, 2.05) is 0 Å². The number of amides is 1. The Bertz CT molecular complexity index is 756. The van der Waals surface area contributed by atoms with Crippen LogP contribution in [-0.2, 0) is 0 Å². The minimum absolute atomic E-state index is 0.0512. The van der Waals surface area contributed by atoms with Crippen molar-refractivity contribution in [2.24, 2.45) is 0 Å². The second-order valence-electron chi connectivity index (χ2n) is 4.92. The number of nitrogens with one attached hydrogen (secondary N) is 3. The average molecular weight is 421 g/mol. The lowest BCUT2D eigenvalue weighted by Gasteiger charge is -2.27. The van der Waals surface area contributed by atoms with Crippen molar-refractivity contribution in [2.45, 2.75) is 9.96 Å². The smallest absolute Gasteiger partial charge is 0.252 e. The minimum Gasteiger partial charge on any atom is -0.339 e. The molecule has 0 saturated carbocycles. The van der Waals surface area contributed by atoms with Gasteiger partial charge in [0.15, 0.2) is 5.11 Å². The maximum atomic E-state index is 13.2. The summed E-state index contributed by atoms with van der Waals surface area (Å²) >= 11 is 22.8. The molecule has 0 heterocycles. The van der Waals surface area contributed by atoms with Gasteiger partial charge in [-0.1, -0.05) is 59.1 Å². The van der Waals surface area contributed by atoms with Crippen molar-refractivity contribution in [3.8, 4) is 0 Å². The van der Waals surface area contributed by atoms with Crippen LogP contribution >= 0.6 is 47.0 Å². The first-order valence-electron chi connectivity index (χ1n) is 7.01. The van der Waals surface area contributed by atoms with Crippen molar-refractivity contribution in [1.29, 1.82) is 0 Å². The van der Waals surface area contributed by atoms with Crippen LogP contribution < -0.4 is 16.0 Å². The van der Waals surface area contributed by atoms with Crippen molar-refractivity contribution in [1.82, 2.24) is 10.6 Å². The summed E-state index contributed by atoms with van der Waals surface area (Å²) in [7, 11) is 0. The van der Waals surface area contributed by atoms with Gasteiger partial charge in [0.2, 0.25) is 3.79 Å². The van der Waals surface area contributed by atoms with E-state index in [0.717, 1.165) is 0 Å². The van der Waals surface area contributed by atoms with Crippen molar-refractivity contribution in [3.63, 3.8) is 0 Å². The Morgan fingerprint density at radius 1 is 1.04 bits per heavy atom. The molecule has 2 aromatic carbocycles. The molecule has 1 amide bonds. The SMILES string of the molecule is O=C(N[C@H](NC(=S)Nc1cccc(F)c1)C(Cl)(Cl)Cl)c1ccccc1. The van der Waals surface area contributed by atoms with Crippen LogP contribution in [0.4, 0.5) is 10.1 Å². The van der Waals surface area contributed by atoms with E-state index in [1.165, 1.54) is 18.2 Å². The second kappa shape index (κ2) is 8.67. The molecule has 0 unspecified atom stereocenters. The summed E-state index contributed by atoms with van der Waals surface area (Å²) in [6.45, 7) is 0. The predicted octanol–water partition coefficient (Wildman–Crippen LogP) is 4.24.